The molecule has 0 aromatic carbocycles. The van der Waals surface area contributed by atoms with E-state index in [-0.39, 0.29) is 59.1 Å². The zero-order chi connectivity index (χ0) is 23.3. The molecule has 0 aliphatic carbocycles. The largest absolute Gasteiger partial charge is 1.00 e. The van der Waals surface area contributed by atoms with Crippen molar-refractivity contribution in [2.45, 2.75) is 61.4 Å². The van der Waals surface area contributed by atoms with Gasteiger partial charge in [-0.2, -0.15) is 0 Å². The summed E-state index contributed by atoms with van der Waals surface area (Å²) in [6.07, 6.45) is -14.9. The van der Waals surface area contributed by atoms with Crippen LogP contribution < -0.4 is 68.9 Å². The number of ether oxygens (including phenoxy) is 5. The molecule has 2 fully saturated rings. The Hall–Kier alpha value is 1.67. The zero-order valence-corrected chi connectivity index (χ0v) is 23.3. The van der Waals surface area contributed by atoms with E-state index in [2.05, 4.69) is 4.52 Å². The van der Waals surface area contributed by atoms with Crippen molar-refractivity contribution in [3.05, 3.63) is 0 Å². The molecule has 0 saturated carbocycles. The van der Waals surface area contributed by atoms with E-state index < -0.39 is 95.7 Å². The average Bonchev–Trinajstić information content (AvgIpc) is 2.72. The zero-order valence-electron chi connectivity index (χ0n) is 18.4. The average molecular weight is 524 g/mol. The van der Waals surface area contributed by atoms with E-state index in [4.69, 9.17) is 23.7 Å². The van der Waals surface area contributed by atoms with Gasteiger partial charge in [-0.25, -0.2) is 0 Å². The molecular formula is C15H27Na2O15P. The molecule has 2 rings (SSSR count). The van der Waals surface area contributed by atoms with Crippen LogP contribution in [0.15, 0.2) is 0 Å². The molecule has 2 saturated heterocycles. The topological polar surface area (TPSA) is 240 Å². The van der Waals surface area contributed by atoms with E-state index in [9.17, 15) is 45.0 Å². The van der Waals surface area contributed by atoms with Crippen LogP contribution in [0, 0.1) is 0 Å². The van der Waals surface area contributed by atoms with E-state index in [1.807, 2.05) is 0 Å². The van der Waals surface area contributed by atoms with Crippen LogP contribution in [-0.4, -0.2) is 126 Å². The molecule has 184 valence electrons. The van der Waals surface area contributed by atoms with Crippen LogP contribution in [0.4, 0.5) is 0 Å². The Labute approximate surface area is 233 Å². The molecule has 6 N–H and O–H groups in total. The summed E-state index contributed by atoms with van der Waals surface area (Å²) >= 11 is 0. The first-order valence-electron chi connectivity index (χ1n) is 9.25. The molecule has 2 aliphatic heterocycles. The van der Waals surface area contributed by atoms with Crippen LogP contribution in [0.5, 0.6) is 0 Å². The number of hydrogen-bond donors (Lipinski definition) is 6. The van der Waals surface area contributed by atoms with Crippen molar-refractivity contribution >= 4 is 7.82 Å². The Bertz CT molecular complexity index is 598. The van der Waals surface area contributed by atoms with Gasteiger partial charge in [0.05, 0.1) is 34.3 Å². The Balaban J connectivity index is 0.00000512. The van der Waals surface area contributed by atoms with Crippen LogP contribution in [0.2, 0.25) is 0 Å². The van der Waals surface area contributed by atoms with Crippen LogP contribution in [-0.2, 0) is 32.8 Å². The minimum Gasteiger partial charge on any atom is -0.790 e. The summed E-state index contributed by atoms with van der Waals surface area (Å²) in [6, 6.07) is 0. The molecule has 0 bridgehead atoms. The third-order valence-electron chi connectivity index (χ3n) is 4.81. The Morgan fingerprint density at radius 2 is 1.39 bits per heavy atom. The van der Waals surface area contributed by atoms with Crippen LogP contribution in [0.25, 0.3) is 0 Å². The Morgan fingerprint density at radius 3 is 1.91 bits per heavy atom. The second-order valence-electron chi connectivity index (χ2n) is 6.87. The van der Waals surface area contributed by atoms with Crippen LogP contribution in [0.3, 0.4) is 0 Å². The molecule has 10 atom stereocenters. The van der Waals surface area contributed by atoms with E-state index in [0.717, 1.165) is 0 Å². The fraction of sp³-hybridized carbons (Fsp3) is 1.00. The molecule has 18 heteroatoms. The third kappa shape index (κ3) is 9.48. The standard InChI is InChI=1S/C15H29O15P.2Na/c1-25-15-13(26-2-3-27-31(22,23)24)11(21)12(7(5-17)29-15)30-14-10(20)9(19)8(18)6(4-16)28-14;;/h6-21H,2-5H2,1H3,(H2,22,23,24);;/q;2*+1/p-2/t6-,7-,8+,9+,10-,11+,12+,13-,14-,15-;;/m1../s1. The molecule has 2 aliphatic rings. The molecule has 2 heterocycles. The Kier molecular flexibility index (Phi) is 16.6. The summed E-state index contributed by atoms with van der Waals surface area (Å²) in [5.41, 5.74) is 0. The van der Waals surface area contributed by atoms with Crippen molar-refractivity contribution in [2.24, 2.45) is 0 Å². The van der Waals surface area contributed by atoms with Gasteiger partial charge in [-0.1, -0.05) is 0 Å². The van der Waals surface area contributed by atoms with E-state index >= 15 is 0 Å². The number of aliphatic hydroxyl groups excluding tert-OH is 6. The molecular weight excluding hydrogens is 497 g/mol. The minimum atomic E-state index is -5.22. The van der Waals surface area contributed by atoms with Crippen molar-refractivity contribution in [3.8, 4) is 0 Å². The number of hydrogen-bond acceptors (Lipinski definition) is 15. The predicted octanol–water partition coefficient (Wildman–Crippen LogP) is -11.9. The first-order valence-corrected chi connectivity index (χ1v) is 10.7. The smallest absolute Gasteiger partial charge is 0.790 e. The van der Waals surface area contributed by atoms with Crippen molar-refractivity contribution in [3.63, 3.8) is 0 Å². The number of phosphoric ester groups is 1. The summed E-state index contributed by atoms with van der Waals surface area (Å²) in [6.45, 7) is -2.50. The fourth-order valence-corrected chi connectivity index (χ4v) is 3.54. The van der Waals surface area contributed by atoms with Gasteiger partial charge >= 0.3 is 59.1 Å². The van der Waals surface area contributed by atoms with E-state index in [1.165, 1.54) is 7.11 Å². The molecule has 33 heavy (non-hydrogen) atoms. The summed E-state index contributed by atoms with van der Waals surface area (Å²) in [5.74, 6) is 0. The minimum absolute atomic E-state index is 0. The molecule has 0 aromatic rings. The monoisotopic (exact) mass is 524 g/mol. The maximum absolute atomic E-state index is 10.7. The SMILES string of the molecule is CO[C@@H]1O[C@H](CO)[C@H](O[C@H]2O[C@H](CO)[C@H](O)[C@H](O)[C@H]2O)[C@H](O)[C@H]1OCCOP(=O)([O-])[O-].[Na+].[Na+]. The van der Waals surface area contributed by atoms with Gasteiger partial charge in [0.15, 0.2) is 12.6 Å². The van der Waals surface area contributed by atoms with Crippen molar-refractivity contribution in [1.29, 1.82) is 0 Å². The van der Waals surface area contributed by atoms with Gasteiger partial charge in [0, 0.05) is 7.11 Å². The first-order chi connectivity index (χ1) is 14.5. The molecule has 0 unspecified atom stereocenters. The maximum atomic E-state index is 10.7. The number of phosphoric acid groups is 1. The van der Waals surface area contributed by atoms with Crippen molar-refractivity contribution in [2.75, 3.05) is 33.5 Å². The van der Waals surface area contributed by atoms with Gasteiger partial charge in [-0.15, -0.1) is 0 Å². The normalized spacial score (nSPS) is 39.4. The predicted molar refractivity (Wildman–Crippen MR) is 90.7 cm³/mol. The van der Waals surface area contributed by atoms with Gasteiger partial charge < -0.3 is 73.2 Å². The maximum Gasteiger partial charge on any atom is 1.00 e. The molecule has 0 aromatic heterocycles. The van der Waals surface area contributed by atoms with Crippen molar-refractivity contribution < 1.29 is 132 Å². The quantitative estimate of drug-likeness (QED) is 0.0883. The van der Waals surface area contributed by atoms with E-state index in [0.29, 0.717) is 0 Å². The van der Waals surface area contributed by atoms with Crippen LogP contribution in [0.1, 0.15) is 0 Å². The fourth-order valence-electron chi connectivity index (χ4n) is 3.24. The first kappa shape index (κ1) is 34.7. The van der Waals surface area contributed by atoms with Gasteiger partial charge in [-0.05, 0) is 0 Å². The van der Waals surface area contributed by atoms with Crippen molar-refractivity contribution in [1.82, 2.24) is 0 Å². The molecule has 0 amide bonds. The Morgan fingerprint density at radius 1 is 0.818 bits per heavy atom. The number of rotatable bonds is 10. The third-order valence-corrected chi connectivity index (χ3v) is 5.31. The molecule has 0 spiro atoms. The van der Waals surface area contributed by atoms with Gasteiger partial charge in [0.2, 0.25) is 0 Å². The summed E-state index contributed by atoms with van der Waals surface area (Å²) < 4.78 is 41.1. The summed E-state index contributed by atoms with van der Waals surface area (Å²) in [5, 5.41) is 59.4. The molecule has 0 radical (unpaired) electrons. The van der Waals surface area contributed by atoms with Gasteiger partial charge in [0.1, 0.15) is 48.8 Å². The number of methoxy groups -OCH3 is 1. The van der Waals surface area contributed by atoms with Crippen LogP contribution >= 0.6 is 7.82 Å². The van der Waals surface area contributed by atoms with Gasteiger partial charge in [-0.3, -0.25) is 0 Å². The van der Waals surface area contributed by atoms with Gasteiger partial charge in [0.25, 0.3) is 0 Å². The summed E-state index contributed by atoms with van der Waals surface area (Å²) in [4.78, 5) is 21.0. The van der Waals surface area contributed by atoms with E-state index in [1.54, 1.807) is 0 Å². The second-order valence-corrected chi connectivity index (χ2v) is 8.02. The molecule has 15 nitrogen and oxygen atoms in total. The summed E-state index contributed by atoms with van der Waals surface area (Å²) in [7, 11) is -4.01. The second kappa shape index (κ2) is 15.8. The number of aliphatic hydroxyl groups is 6.